The lowest BCUT2D eigenvalue weighted by Gasteiger charge is -2.48. The molecule has 0 radical (unpaired) electrons. The second kappa shape index (κ2) is 14.2. The van der Waals surface area contributed by atoms with Gasteiger partial charge in [0.1, 0.15) is 11.4 Å². The Morgan fingerprint density at radius 2 is 1.52 bits per heavy atom. The molecule has 230 valence electrons. The van der Waals surface area contributed by atoms with E-state index in [4.69, 9.17) is 0 Å². The second-order valence-electron chi connectivity index (χ2n) is 11.5. The molecule has 3 atom stereocenters. The summed E-state index contributed by atoms with van der Waals surface area (Å²) in [5.41, 5.74) is 3.78. The van der Waals surface area contributed by atoms with E-state index < -0.39 is 24.9 Å². The Labute approximate surface area is 256 Å². The van der Waals surface area contributed by atoms with Gasteiger partial charge >= 0.3 is 0 Å². The highest BCUT2D eigenvalue weighted by Crippen LogP contribution is 2.46. The first-order valence-corrected chi connectivity index (χ1v) is 14.9. The Kier molecular flexibility index (Phi) is 10.1. The molecule has 8 nitrogen and oxygen atoms in total. The third-order valence-corrected chi connectivity index (χ3v) is 8.51. The van der Waals surface area contributed by atoms with E-state index in [2.05, 4.69) is 9.97 Å². The van der Waals surface area contributed by atoms with E-state index in [1.54, 1.807) is 35.6 Å². The Bertz CT molecular complexity index is 1500. The van der Waals surface area contributed by atoms with Crippen molar-refractivity contribution in [1.29, 1.82) is 0 Å². The molecular weight excluding hydrogens is 561 g/mol. The first kappa shape index (κ1) is 31.4. The molecule has 4 N–H and O–H groups in total. The molecule has 0 spiro atoms. The van der Waals surface area contributed by atoms with Crippen molar-refractivity contribution in [2.75, 3.05) is 18.1 Å². The number of carbonyl (C=O) groups excluding carboxylic acids is 1. The lowest BCUT2D eigenvalue weighted by Crippen LogP contribution is -2.55. The van der Waals surface area contributed by atoms with Crippen LogP contribution in [0.4, 0.5) is 10.1 Å². The van der Waals surface area contributed by atoms with Crippen molar-refractivity contribution < 1.29 is 29.6 Å². The van der Waals surface area contributed by atoms with Gasteiger partial charge in [0.05, 0.1) is 37.0 Å². The summed E-state index contributed by atoms with van der Waals surface area (Å²) in [6, 6.07) is 21.3. The largest absolute Gasteiger partial charge is 0.393 e. The number of anilines is 1. The van der Waals surface area contributed by atoms with Crippen molar-refractivity contribution in [3.8, 4) is 0 Å². The maximum atomic E-state index is 13.6. The van der Waals surface area contributed by atoms with Crippen molar-refractivity contribution in [1.82, 2.24) is 9.97 Å². The van der Waals surface area contributed by atoms with Crippen molar-refractivity contribution >= 4 is 11.6 Å². The van der Waals surface area contributed by atoms with Crippen molar-refractivity contribution in [2.24, 2.45) is 5.92 Å². The van der Waals surface area contributed by atoms with E-state index in [0.29, 0.717) is 24.8 Å². The van der Waals surface area contributed by atoms with Crippen LogP contribution in [0, 0.1) is 11.7 Å². The van der Waals surface area contributed by atoms with Crippen LogP contribution in [0.25, 0.3) is 0 Å². The maximum absolute atomic E-state index is 13.6. The van der Waals surface area contributed by atoms with E-state index in [1.165, 1.54) is 12.1 Å². The zero-order chi connectivity index (χ0) is 31.1. The smallest absolute Gasteiger partial charge is 0.233 e. The number of aliphatic hydroxyl groups excluding tert-OH is 3. The van der Waals surface area contributed by atoms with E-state index in [0.717, 1.165) is 40.9 Å². The molecule has 1 fully saturated rings. The number of aliphatic hydroxyl groups is 4. The maximum Gasteiger partial charge on any atom is 0.233 e. The fraction of sp³-hybridized carbons (Fsp3) is 0.343. The summed E-state index contributed by atoms with van der Waals surface area (Å²) in [6.45, 7) is -1.04. The number of hydrogen-bond donors (Lipinski definition) is 4. The molecule has 5 rings (SSSR count). The van der Waals surface area contributed by atoms with Crippen LogP contribution in [0.15, 0.2) is 91.4 Å². The zero-order valence-electron chi connectivity index (χ0n) is 24.5. The molecular formula is C35H38FN3O5. The van der Waals surface area contributed by atoms with Crippen LogP contribution in [-0.4, -0.2) is 55.1 Å². The Morgan fingerprint density at radius 3 is 2.16 bits per heavy atom. The summed E-state index contributed by atoms with van der Waals surface area (Å²) >= 11 is 0. The Balaban J connectivity index is 1.32. The van der Waals surface area contributed by atoms with Gasteiger partial charge in [0.25, 0.3) is 0 Å². The van der Waals surface area contributed by atoms with Crippen LogP contribution >= 0.6 is 0 Å². The van der Waals surface area contributed by atoms with Crippen LogP contribution < -0.4 is 4.90 Å². The van der Waals surface area contributed by atoms with E-state index >= 15 is 0 Å². The van der Waals surface area contributed by atoms with Gasteiger partial charge in [0.2, 0.25) is 5.91 Å². The molecule has 1 aliphatic rings. The number of benzene rings is 3. The Hall–Kier alpha value is -4.02. The molecule has 2 heterocycles. The van der Waals surface area contributed by atoms with Gasteiger partial charge in [0, 0.05) is 24.3 Å². The number of aryl methyl sites for hydroxylation is 3. The predicted octanol–water partition coefficient (Wildman–Crippen LogP) is 4.27. The Morgan fingerprint density at radius 1 is 0.864 bits per heavy atom. The molecule has 44 heavy (non-hydrogen) atoms. The SMILES string of the molecule is O=C1[C@H](CC[C@H](O)c2ccc(F)cc2)[C@@H](c2ccc(CCC(O)(CO)CO)cc2)N1c1ccc(CCc2cnccn2)cc1. The average Bonchev–Trinajstić information content (AvgIpc) is 3.06. The van der Waals surface area contributed by atoms with Gasteiger partial charge in [0.15, 0.2) is 0 Å². The number of amides is 1. The van der Waals surface area contributed by atoms with Crippen LogP contribution in [0.3, 0.4) is 0 Å². The van der Waals surface area contributed by atoms with E-state index in [1.807, 2.05) is 48.5 Å². The molecule has 3 aromatic carbocycles. The molecule has 0 unspecified atom stereocenters. The quantitative estimate of drug-likeness (QED) is 0.160. The molecule has 1 saturated heterocycles. The minimum Gasteiger partial charge on any atom is -0.393 e. The summed E-state index contributed by atoms with van der Waals surface area (Å²) in [7, 11) is 0. The summed E-state index contributed by atoms with van der Waals surface area (Å²) in [4.78, 5) is 23.8. The van der Waals surface area contributed by atoms with Gasteiger partial charge in [-0.15, -0.1) is 0 Å². The highest BCUT2D eigenvalue weighted by atomic mass is 19.1. The van der Waals surface area contributed by atoms with Crippen molar-refractivity contribution in [2.45, 2.75) is 56.3 Å². The molecule has 0 bridgehead atoms. The van der Waals surface area contributed by atoms with Gasteiger partial charge in [-0.3, -0.25) is 14.8 Å². The number of rotatable bonds is 14. The molecule has 1 amide bonds. The number of β-lactam (4-membered cyclic amide) rings is 1. The fourth-order valence-electron chi connectivity index (χ4n) is 5.71. The normalized spacial score (nSPS) is 17.4. The lowest BCUT2D eigenvalue weighted by molar-refractivity contribution is -0.131. The highest BCUT2D eigenvalue weighted by Gasteiger charge is 2.48. The molecule has 4 aromatic rings. The number of hydrogen-bond acceptors (Lipinski definition) is 7. The summed E-state index contributed by atoms with van der Waals surface area (Å²) in [5, 5.41) is 39.8. The van der Waals surface area contributed by atoms with Gasteiger partial charge in [-0.25, -0.2) is 4.39 Å². The summed E-state index contributed by atoms with van der Waals surface area (Å²) in [5.74, 6) is -0.735. The minimum atomic E-state index is -1.53. The van der Waals surface area contributed by atoms with Gasteiger partial charge in [-0.05, 0) is 85.0 Å². The monoisotopic (exact) mass is 599 g/mol. The first-order chi connectivity index (χ1) is 21.3. The van der Waals surface area contributed by atoms with Crippen molar-refractivity contribution in [3.63, 3.8) is 0 Å². The fourth-order valence-corrected chi connectivity index (χ4v) is 5.71. The minimum absolute atomic E-state index is 0.0198. The number of halogens is 1. The number of nitrogens with zero attached hydrogens (tertiary/aromatic N) is 3. The van der Waals surface area contributed by atoms with E-state index in [-0.39, 0.29) is 30.1 Å². The summed E-state index contributed by atoms with van der Waals surface area (Å²) < 4.78 is 13.4. The third-order valence-electron chi connectivity index (χ3n) is 8.51. The van der Waals surface area contributed by atoms with Crippen LogP contribution in [0.2, 0.25) is 0 Å². The number of carbonyl (C=O) groups is 1. The van der Waals surface area contributed by atoms with E-state index in [9.17, 15) is 29.6 Å². The second-order valence-corrected chi connectivity index (χ2v) is 11.5. The standard InChI is InChI=1S/C35H38FN3O5/c36-28-10-8-26(9-11-28)32(42)16-15-31-33(27-6-1-25(2-7-27)17-18-35(44,22-40)23-41)39(34(31)43)30-13-4-24(5-14-30)3-12-29-21-37-19-20-38-29/h1-2,4-11,13-14,19-21,31-33,40-42,44H,3,12,15-18,22-23H2/t31-,32+,33-/m1/s1. The first-order valence-electron chi connectivity index (χ1n) is 14.9. The third kappa shape index (κ3) is 7.36. The molecule has 9 heteroatoms. The van der Waals surface area contributed by atoms with Gasteiger partial charge in [-0.1, -0.05) is 48.5 Å². The molecule has 1 aliphatic heterocycles. The highest BCUT2D eigenvalue weighted by molar-refractivity contribution is 6.03. The zero-order valence-corrected chi connectivity index (χ0v) is 24.5. The lowest BCUT2D eigenvalue weighted by atomic mass is 9.78. The summed E-state index contributed by atoms with van der Waals surface area (Å²) in [6.07, 6.45) is 7.32. The average molecular weight is 600 g/mol. The van der Waals surface area contributed by atoms with Gasteiger partial charge < -0.3 is 25.3 Å². The van der Waals surface area contributed by atoms with Crippen molar-refractivity contribution in [3.05, 3.63) is 125 Å². The van der Waals surface area contributed by atoms with Crippen LogP contribution in [-0.2, 0) is 24.1 Å². The van der Waals surface area contributed by atoms with Crippen LogP contribution in [0.5, 0.6) is 0 Å². The molecule has 1 aromatic heterocycles. The van der Waals surface area contributed by atoms with Crippen LogP contribution in [0.1, 0.15) is 59.4 Å². The number of aromatic nitrogens is 2. The molecule has 0 aliphatic carbocycles. The topological polar surface area (TPSA) is 127 Å². The molecule has 0 saturated carbocycles. The predicted molar refractivity (Wildman–Crippen MR) is 164 cm³/mol. The van der Waals surface area contributed by atoms with Gasteiger partial charge in [-0.2, -0.15) is 0 Å².